The van der Waals surface area contributed by atoms with E-state index in [1.807, 2.05) is 40.4 Å². The maximum absolute atomic E-state index is 14.0. The van der Waals surface area contributed by atoms with E-state index in [4.69, 9.17) is 9.47 Å². The van der Waals surface area contributed by atoms with Crippen LogP contribution in [-0.4, -0.2) is 96.4 Å². The predicted molar refractivity (Wildman–Crippen MR) is 177 cm³/mol. The third kappa shape index (κ3) is 8.21. The number of nitrogens with zero attached hydrogens (tertiary/aromatic N) is 2. The van der Waals surface area contributed by atoms with Crippen LogP contribution >= 0.6 is 0 Å². The van der Waals surface area contributed by atoms with E-state index in [2.05, 4.69) is 11.9 Å². The Bertz CT molecular complexity index is 1780. The number of fused-ring (bicyclic) bond motifs is 3. The van der Waals surface area contributed by atoms with Crippen LogP contribution in [0.2, 0.25) is 0 Å². The molecule has 52 heavy (non-hydrogen) atoms. The number of alkyl carbamates (subject to hydrolysis) is 1. The molecule has 6 rings (SSSR count). The molecule has 282 valence electrons. The van der Waals surface area contributed by atoms with Gasteiger partial charge in [-0.05, 0) is 55.2 Å². The third-order valence-corrected chi connectivity index (χ3v) is 11.8. The number of rotatable bonds is 7. The number of amides is 5. The molecule has 0 radical (unpaired) electrons. The van der Waals surface area contributed by atoms with Gasteiger partial charge in [0, 0.05) is 18.9 Å². The SMILES string of the molecule is C=C[C@@H]1C[C@@]1(NC(=O)[C@@H]1C[C@@H]2CN1C(=O)C(CC(F)(F)F)NC(=O)OCCCC/C=C/c1cccc3c1CN(C3)C(=O)O2)C(=O)NS(=O)(=O)C1CC1. The van der Waals surface area contributed by atoms with E-state index in [0.717, 1.165) is 21.6 Å². The average molecular weight is 752 g/mol. The first-order chi connectivity index (χ1) is 24.6. The van der Waals surface area contributed by atoms with E-state index >= 15 is 0 Å². The van der Waals surface area contributed by atoms with Gasteiger partial charge in [-0.15, -0.1) is 6.58 Å². The minimum atomic E-state index is -4.93. The average Bonchev–Trinajstić information content (AvgIpc) is 3.96. The number of carbonyl (C=O) groups excluding carboxylic acids is 5. The van der Waals surface area contributed by atoms with Gasteiger partial charge in [0.15, 0.2) is 0 Å². The van der Waals surface area contributed by atoms with Gasteiger partial charge in [-0.2, -0.15) is 13.2 Å². The van der Waals surface area contributed by atoms with E-state index in [1.54, 1.807) is 0 Å². The number of alkyl halides is 3. The molecule has 3 N–H and O–H groups in total. The second kappa shape index (κ2) is 14.4. The zero-order valence-electron chi connectivity index (χ0n) is 28.2. The normalized spacial score (nSPS) is 28.9. The number of cyclic esters (lactones) is 1. The highest BCUT2D eigenvalue weighted by Crippen LogP contribution is 2.45. The lowest BCUT2D eigenvalue weighted by Crippen LogP contribution is -2.58. The molecule has 3 aliphatic heterocycles. The fourth-order valence-electron chi connectivity index (χ4n) is 6.90. The zero-order valence-corrected chi connectivity index (χ0v) is 29.0. The van der Waals surface area contributed by atoms with Crippen LogP contribution in [0.1, 0.15) is 68.1 Å². The largest absolute Gasteiger partial charge is 0.450 e. The summed E-state index contributed by atoms with van der Waals surface area (Å²) in [5.74, 6) is -3.99. The molecule has 0 aromatic heterocycles. The van der Waals surface area contributed by atoms with Crippen molar-refractivity contribution in [2.45, 2.75) is 99.6 Å². The Balaban J connectivity index is 1.27. The van der Waals surface area contributed by atoms with Gasteiger partial charge in [0.2, 0.25) is 21.8 Å². The van der Waals surface area contributed by atoms with Gasteiger partial charge in [0.1, 0.15) is 23.7 Å². The molecule has 0 spiro atoms. The van der Waals surface area contributed by atoms with Crippen LogP contribution in [0, 0.1) is 5.92 Å². The Morgan fingerprint density at radius 2 is 1.90 bits per heavy atom. The van der Waals surface area contributed by atoms with E-state index in [1.165, 1.54) is 11.0 Å². The summed E-state index contributed by atoms with van der Waals surface area (Å²) in [5, 5.41) is 3.77. The van der Waals surface area contributed by atoms with Crippen LogP contribution in [0.5, 0.6) is 0 Å². The van der Waals surface area contributed by atoms with E-state index < -0.39 is 94.0 Å². The molecule has 18 heteroatoms. The quantitative estimate of drug-likeness (QED) is 0.353. The number of allylic oxidation sites excluding steroid dienone is 1. The first-order valence-corrected chi connectivity index (χ1v) is 18.7. The summed E-state index contributed by atoms with van der Waals surface area (Å²) >= 11 is 0. The number of ether oxygens (including phenoxy) is 2. The van der Waals surface area contributed by atoms with Crippen molar-refractivity contribution in [3.63, 3.8) is 0 Å². The fourth-order valence-corrected chi connectivity index (χ4v) is 8.26. The van der Waals surface area contributed by atoms with Gasteiger partial charge in [-0.1, -0.05) is 36.4 Å². The van der Waals surface area contributed by atoms with Crippen molar-refractivity contribution in [3.8, 4) is 0 Å². The number of hydrogen-bond donors (Lipinski definition) is 3. The lowest BCUT2D eigenvalue weighted by atomic mass is 10.0. The van der Waals surface area contributed by atoms with Gasteiger partial charge >= 0.3 is 18.4 Å². The van der Waals surface area contributed by atoms with Gasteiger partial charge in [0.25, 0.3) is 5.91 Å². The molecule has 5 amide bonds. The lowest BCUT2D eigenvalue weighted by Gasteiger charge is -2.30. The second-order valence-corrected chi connectivity index (χ2v) is 15.8. The number of carbonyl (C=O) groups is 5. The molecule has 1 aromatic rings. The minimum Gasteiger partial charge on any atom is -0.450 e. The molecular weight excluding hydrogens is 711 g/mol. The van der Waals surface area contributed by atoms with E-state index in [0.29, 0.717) is 32.1 Å². The summed E-state index contributed by atoms with van der Waals surface area (Å²) in [6.45, 7) is 3.44. The molecule has 1 saturated heterocycles. The zero-order chi connectivity index (χ0) is 37.4. The monoisotopic (exact) mass is 751 g/mol. The van der Waals surface area contributed by atoms with Gasteiger partial charge in [-0.25, -0.2) is 18.0 Å². The van der Waals surface area contributed by atoms with Crippen molar-refractivity contribution in [1.29, 1.82) is 0 Å². The molecule has 2 aliphatic carbocycles. The van der Waals surface area contributed by atoms with Crippen molar-refractivity contribution in [2.75, 3.05) is 13.2 Å². The Labute approximate surface area is 298 Å². The summed E-state index contributed by atoms with van der Waals surface area (Å²) in [5.41, 5.74) is 0.958. The molecule has 1 aromatic carbocycles. The van der Waals surface area contributed by atoms with Crippen LogP contribution in [0.15, 0.2) is 36.9 Å². The highest BCUT2D eigenvalue weighted by molar-refractivity contribution is 7.91. The molecule has 3 fully saturated rings. The Kier molecular flexibility index (Phi) is 10.3. The van der Waals surface area contributed by atoms with Crippen molar-refractivity contribution in [1.82, 2.24) is 25.2 Å². The van der Waals surface area contributed by atoms with Crippen LogP contribution in [0.25, 0.3) is 6.08 Å². The molecular formula is C34H40F3N5O9S. The minimum absolute atomic E-state index is 0.0237. The molecule has 3 heterocycles. The number of sulfonamides is 1. The first kappa shape index (κ1) is 37.2. The maximum Gasteiger partial charge on any atom is 0.410 e. The summed E-state index contributed by atoms with van der Waals surface area (Å²) in [4.78, 5) is 69.4. The molecule has 2 saturated carbocycles. The van der Waals surface area contributed by atoms with Crippen LogP contribution in [-0.2, 0) is 47.0 Å². The van der Waals surface area contributed by atoms with Crippen molar-refractivity contribution in [2.24, 2.45) is 5.92 Å². The Morgan fingerprint density at radius 3 is 2.60 bits per heavy atom. The Morgan fingerprint density at radius 1 is 1.13 bits per heavy atom. The maximum atomic E-state index is 14.0. The number of nitrogens with one attached hydrogen (secondary N) is 3. The first-order valence-electron chi connectivity index (χ1n) is 17.1. The van der Waals surface area contributed by atoms with E-state index in [-0.39, 0.29) is 32.5 Å². The molecule has 4 bridgehead atoms. The van der Waals surface area contributed by atoms with Gasteiger partial charge < -0.3 is 25.0 Å². The standard InChI is InChI=1S/C34H40F3N5O9S/c1-2-22-15-33(22,30(45)40-52(48,49)24-11-12-24)39-28(43)27-14-23-18-42(27)29(44)26(16-34(35,36)37)38-31(46)50-13-6-4-3-5-8-20-9-7-10-21-17-41(19-25(20)21)32(47)51-23/h2,5,7-10,22-24,26-27H,1,3-4,6,11-19H2,(H,38,46)(H,39,43)(H,40,45)/b8-5+/t22-,23-,26?,27+,33+/m1/s1. The smallest absolute Gasteiger partial charge is 0.410 e. The molecule has 1 unspecified atom stereocenters. The summed E-state index contributed by atoms with van der Waals surface area (Å²) in [7, 11) is -4.01. The molecule has 5 atom stereocenters. The van der Waals surface area contributed by atoms with Gasteiger partial charge in [-0.3, -0.25) is 24.0 Å². The van der Waals surface area contributed by atoms with Gasteiger partial charge in [0.05, 0.1) is 31.4 Å². The Hall–Kier alpha value is -4.61. The lowest BCUT2D eigenvalue weighted by molar-refractivity contribution is -0.155. The van der Waals surface area contributed by atoms with E-state index in [9.17, 15) is 45.6 Å². The fraction of sp³-hybridized carbons (Fsp3) is 0.559. The van der Waals surface area contributed by atoms with Crippen LogP contribution in [0.3, 0.4) is 0 Å². The van der Waals surface area contributed by atoms with Crippen molar-refractivity contribution >= 4 is 46.0 Å². The number of benzene rings is 1. The third-order valence-electron chi connectivity index (χ3n) is 9.96. The van der Waals surface area contributed by atoms with Crippen molar-refractivity contribution in [3.05, 3.63) is 53.6 Å². The summed E-state index contributed by atoms with van der Waals surface area (Å²) < 4.78 is 79.2. The second-order valence-electron chi connectivity index (χ2n) is 13.8. The molecule has 5 aliphatic rings. The number of hydrogen-bond acceptors (Lipinski definition) is 9. The highest BCUT2D eigenvalue weighted by Gasteiger charge is 2.62. The van der Waals surface area contributed by atoms with Crippen molar-refractivity contribution < 1.29 is 55.0 Å². The number of halogens is 3. The molecule has 14 nitrogen and oxygen atoms in total. The summed E-state index contributed by atoms with van der Waals surface area (Å²) in [6.07, 6.45) is -2.77. The summed E-state index contributed by atoms with van der Waals surface area (Å²) in [6, 6.07) is 1.87. The van der Waals surface area contributed by atoms with Crippen LogP contribution in [0.4, 0.5) is 22.8 Å². The highest BCUT2D eigenvalue weighted by atomic mass is 32.2. The topological polar surface area (TPSA) is 181 Å². The van der Waals surface area contributed by atoms with Crippen LogP contribution < -0.4 is 15.4 Å². The predicted octanol–water partition coefficient (Wildman–Crippen LogP) is 3.02.